The summed E-state index contributed by atoms with van der Waals surface area (Å²) >= 11 is 0. The van der Waals surface area contributed by atoms with Crippen LogP contribution in [0.2, 0.25) is 0 Å². The van der Waals surface area contributed by atoms with Crippen molar-refractivity contribution >= 4 is 11.5 Å². The summed E-state index contributed by atoms with van der Waals surface area (Å²) in [7, 11) is 0. The predicted molar refractivity (Wildman–Crippen MR) is 111 cm³/mol. The lowest BCUT2D eigenvalue weighted by molar-refractivity contribution is 0.775. The number of hydrogen-bond donors (Lipinski definition) is 0. The lowest BCUT2D eigenvalue weighted by Crippen LogP contribution is -2.31. The number of nitrogens with zero attached hydrogens (tertiary/aromatic N) is 2. The Balaban J connectivity index is 1.65. The third kappa shape index (κ3) is 3.55. The highest BCUT2D eigenvalue weighted by molar-refractivity contribution is 6.10. The first-order valence-corrected chi connectivity index (χ1v) is 9.36. The van der Waals surface area contributed by atoms with Crippen LogP contribution in [0.15, 0.2) is 83.9 Å². The number of anilines is 1. The zero-order chi connectivity index (χ0) is 17.8. The minimum atomic E-state index is 0.905. The second-order valence-electron chi connectivity index (χ2n) is 6.84. The van der Waals surface area contributed by atoms with E-state index in [0.717, 1.165) is 25.3 Å². The fraction of sp³-hybridized carbons (Fsp3) is 0.208. The number of amidine groups is 1. The fourth-order valence-electron chi connectivity index (χ4n) is 3.42. The molecular weight excluding hydrogens is 316 g/mol. The van der Waals surface area contributed by atoms with E-state index in [1.807, 2.05) is 0 Å². The molecule has 0 saturated heterocycles. The summed E-state index contributed by atoms with van der Waals surface area (Å²) in [6, 6.07) is 28.1. The minimum absolute atomic E-state index is 0.905. The van der Waals surface area contributed by atoms with Crippen molar-refractivity contribution < 1.29 is 0 Å². The molecule has 0 aliphatic carbocycles. The van der Waals surface area contributed by atoms with E-state index >= 15 is 0 Å². The molecule has 1 aliphatic heterocycles. The van der Waals surface area contributed by atoms with Crippen molar-refractivity contribution in [3.05, 3.63) is 90.0 Å². The molecule has 2 heteroatoms. The smallest absolute Gasteiger partial charge is 0.135 e. The maximum absolute atomic E-state index is 4.88. The number of aliphatic imine (C=N–C) groups is 1. The van der Waals surface area contributed by atoms with Gasteiger partial charge in [0.25, 0.3) is 0 Å². The molecule has 0 unspecified atom stereocenters. The average molecular weight is 340 g/mol. The molecular formula is C24H24N2. The van der Waals surface area contributed by atoms with Gasteiger partial charge in [-0.2, -0.15) is 0 Å². The number of rotatable bonds is 3. The first-order chi connectivity index (χ1) is 12.8. The van der Waals surface area contributed by atoms with Gasteiger partial charge >= 0.3 is 0 Å². The van der Waals surface area contributed by atoms with Crippen LogP contribution < -0.4 is 4.90 Å². The highest BCUT2D eigenvalue weighted by Gasteiger charge is 2.17. The van der Waals surface area contributed by atoms with Crippen molar-refractivity contribution in [2.75, 3.05) is 18.0 Å². The van der Waals surface area contributed by atoms with Crippen LogP contribution in [0.4, 0.5) is 5.69 Å². The molecule has 0 aromatic heterocycles. The van der Waals surface area contributed by atoms with Gasteiger partial charge < -0.3 is 4.90 Å². The van der Waals surface area contributed by atoms with E-state index in [1.165, 1.54) is 34.4 Å². The third-order valence-corrected chi connectivity index (χ3v) is 4.90. The van der Waals surface area contributed by atoms with Gasteiger partial charge in [-0.3, -0.25) is 4.99 Å². The Morgan fingerprint density at radius 1 is 0.692 bits per heavy atom. The molecule has 3 aromatic carbocycles. The second-order valence-corrected chi connectivity index (χ2v) is 6.84. The Morgan fingerprint density at radius 3 is 2.04 bits per heavy atom. The van der Waals surface area contributed by atoms with Crippen LogP contribution in [-0.2, 0) is 0 Å². The molecule has 0 amide bonds. The van der Waals surface area contributed by atoms with E-state index < -0.39 is 0 Å². The van der Waals surface area contributed by atoms with Crippen molar-refractivity contribution in [1.29, 1.82) is 0 Å². The van der Waals surface area contributed by atoms with Gasteiger partial charge in [-0.05, 0) is 43.0 Å². The Morgan fingerprint density at radius 2 is 1.35 bits per heavy atom. The molecule has 26 heavy (non-hydrogen) atoms. The molecule has 2 nitrogen and oxygen atoms in total. The van der Waals surface area contributed by atoms with E-state index in [1.54, 1.807) is 0 Å². The van der Waals surface area contributed by atoms with E-state index in [-0.39, 0.29) is 0 Å². The minimum Gasteiger partial charge on any atom is -0.326 e. The van der Waals surface area contributed by atoms with Gasteiger partial charge in [-0.15, -0.1) is 0 Å². The molecule has 1 heterocycles. The summed E-state index contributed by atoms with van der Waals surface area (Å²) in [6.45, 7) is 4.04. The maximum Gasteiger partial charge on any atom is 0.135 e. The van der Waals surface area contributed by atoms with E-state index in [4.69, 9.17) is 4.99 Å². The van der Waals surface area contributed by atoms with Crippen LogP contribution in [0.25, 0.3) is 11.1 Å². The van der Waals surface area contributed by atoms with Crippen LogP contribution in [0, 0.1) is 6.92 Å². The Labute approximate surface area is 155 Å². The number of hydrogen-bond acceptors (Lipinski definition) is 2. The standard InChI is InChI=1S/C24H24N2/c1-19-9-11-20(12-10-19)21-13-15-23(16-14-21)26-18-6-5-17-25-24(26)22-7-3-2-4-8-22/h2-4,7-16H,5-6,17-18H2,1H3. The molecule has 0 N–H and O–H groups in total. The zero-order valence-corrected chi connectivity index (χ0v) is 15.2. The van der Waals surface area contributed by atoms with Crippen LogP contribution in [-0.4, -0.2) is 18.9 Å². The molecule has 0 atom stereocenters. The first kappa shape index (κ1) is 16.6. The summed E-state index contributed by atoms with van der Waals surface area (Å²) in [4.78, 5) is 7.25. The highest BCUT2D eigenvalue weighted by Crippen LogP contribution is 2.26. The summed E-state index contributed by atoms with van der Waals surface area (Å²) in [5.41, 5.74) is 6.21. The van der Waals surface area contributed by atoms with Gasteiger partial charge in [0.15, 0.2) is 0 Å². The monoisotopic (exact) mass is 340 g/mol. The third-order valence-electron chi connectivity index (χ3n) is 4.90. The van der Waals surface area contributed by atoms with Gasteiger partial charge in [-0.25, -0.2) is 0 Å². The van der Waals surface area contributed by atoms with Gasteiger partial charge in [0, 0.05) is 24.3 Å². The van der Waals surface area contributed by atoms with E-state index in [2.05, 4.69) is 90.7 Å². The van der Waals surface area contributed by atoms with Gasteiger partial charge in [0.2, 0.25) is 0 Å². The molecule has 1 aliphatic rings. The Kier molecular flexibility index (Phi) is 4.83. The van der Waals surface area contributed by atoms with E-state index in [0.29, 0.717) is 0 Å². The van der Waals surface area contributed by atoms with Crippen LogP contribution in [0.5, 0.6) is 0 Å². The second kappa shape index (κ2) is 7.57. The molecule has 130 valence electrons. The Bertz CT molecular complexity index is 878. The van der Waals surface area contributed by atoms with Gasteiger partial charge in [0.05, 0.1) is 0 Å². The van der Waals surface area contributed by atoms with Crippen molar-refractivity contribution in [1.82, 2.24) is 0 Å². The topological polar surface area (TPSA) is 15.6 Å². The van der Waals surface area contributed by atoms with Crippen molar-refractivity contribution in [3.63, 3.8) is 0 Å². The zero-order valence-electron chi connectivity index (χ0n) is 15.2. The van der Waals surface area contributed by atoms with Crippen molar-refractivity contribution in [3.8, 4) is 11.1 Å². The fourth-order valence-corrected chi connectivity index (χ4v) is 3.42. The first-order valence-electron chi connectivity index (χ1n) is 9.36. The largest absolute Gasteiger partial charge is 0.326 e. The molecule has 0 fully saturated rings. The molecule has 0 saturated carbocycles. The lowest BCUT2D eigenvalue weighted by atomic mass is 10.0. The molecule has 0 bridgehead atoms. The van der Waals surface area contributed by atoms with Crippen LogP contribution in [0.3, 0.4) is 0 Å². The lowest BCUT2D eigenvalue weighted by Gasteiger charge is -2.25. The molecule has 3 aromatic rings. The average Bonchev–Trinajstić information content (AvgIpc) is 2.96. The molecule has 4 rings (SSSR count). The predicted octanol–water partition coefficient (Wildman–Crippen LogP) is 5.71. The van der Waals surface area contributed by atoms with Crippen LogP contribution in [0.1, 0.15) is 24.0 Å². The summed E-state index contributed by atoms with van der Waals surface area (Å²) in [5, 5.41) is 0. The van der Waals surface area contributed by atoms with Gasteiger partial charge in [-0.1, -0.05) is 72.3 Å². The normalized spacial score (nSPS) is 14.7. The van der Waals surface area contributed by atoms with Crippen molar-refractivity contribution in [2.24, 2.45) is 4.99 Å². The number of aryl methyl sites for hydroxylation is 1. The summed E-state index contributed by atoms with van der Waals surface area (Å²) < 4.78 is 0. The molecule has 0 spiro atoms. The van der Waals surface area contributed by atoms with Gasteiger partial charge in [0.1, 0.15) is 5.84 Å². The summed E-state index contributed by atoms with van der Waals surface area (Å²) in [6.07, 6.45) is 2.31. The van der Waals surface area contributed by atoms with E-state index in [9.17, 15) is 0 Å². The van der Waals surface area contributed by atoms with Crippen LogP contribution >= 0.6 is 0 Å². The Hall–Kier alpha value is -2.87. The summed E-state index contributed by atoms with van der Waals surface area (Å²) in [5.74, 6) is 1.09. The SMILES string of the molecule is Cc1ccc(-c2ccc(N3CCCCN=C3c3ccccc3)cc2)cc1. The highest BCUT2D eigenvalue weighted by atomic mass is 15.2. The maximum atomic E-state index is 4.88. The van der Waals surface area contributed by atoms with Crippen molar-refractivity contribution in [2.45, 2.75) is 19.8 Å². The number of benzene rings is 3. The molecule has 0 radical (unpaired) electrons. The quantitative estimate of drug-likeness (QED) is 0.596.